The van der Waals surface area contributed by atoms with Crippen LogP contribution in [0.25, 0.3) is 11.3 Å². The number of aliphatic hydroxyl groups is 1. The van der Waals surface area contributed by atoms with Gasteiger partial charge in [0.25, 0.3) is 0 Å². The number of ether oxygens (including phenoxy) is 1. The van der Waals surface area contributed by atoms with Crippen molar-refractivity contribution in [3.63, 3.8) is 0 Å². The van der Waals surface area contributed by atoms with Crippen molar-refractivity contribution in [2.24, 2.45) is 0 Å². The molecule has 1 atom stereocenters. The molecule has 94 valence electrons. The Labute approximate surface area is 107 Å². The van der Waals surface area contributed by atoms with Crippen molar-refractivity contribution in [1.29, 1.82) is 0 Å². The Morgan fingerprint density at radius 3 is 2.50 bits per heavy atom. The Balaban J connectivity index is 2.42. The summed E-state index contributed by atoms with van der Waals surface area (Å²) in [5.41, 5.74) is 2.62. The number of methoxy groups -OCH3 is 1. The van der Waals surface area contributed by atoms with Crippen molar-refractivity contribution < 1.29 is 9.84 Å². The molecule has 1 aromatic heterocycles. The third-order valence-corrected chi connectivity index (χ3v) is 2.90. The molecule has 0 saturated heterocycles. The molecule has 0 aliphatic rings. The number of hydrogen-bond acceptors (Lipinski definition) is 3. The Morgan fingerprint density at radius 1 is 1.17 bits per heavy atom. The molecule has 2 aromatic rings. The number of hydrogen-bond donors (Lipinski definition) is 1. The number of pyridine rings is 1. The summed E-state index contributed by atoms with van der Waals surface area (Å²) in [6.45, 7) is 1.93. The van der Waals surface area contributed by atoms with Crippen LogP contribution in [0.1, 0.15) is 25.0 Å². The van der Waals surface area contributed by atoms with Gasteiger partial charge < -0.3 is 9.84 Å². The minimum absolute atomic E-state index is 0.491. The minimum Gasteiger partial charge on any atom is -0.481 e. The first-order valence-electron chi connectivity index (χ1n) is 6.04. The Morgan fingerprint density at radius 2 is 1.89 bits per heavy atom. The summed E-state index contributed by atoms with van der Waals surface area (Å²) in [6.07, 6.45) is 0.111. The van der Waals surface area contributed by atoms with Crippen LogP contribution in [0.2, 0.25) is 0 Å². The Kier molecular flexibility index (Phi) is 3.95. The zero-order valence-corrected chi connectivity index (χ0v) is 10.6. The SMILES string of the molecule is CCC(O)c1ccc(-c2ccccc2)nc1OC. The van der Waals surface area contributed by atoms with Gasteiger partial charge in [0.2, 0.25) is 5.88 Å². The number of aromatic nitrogens is 1. The fourth-order valence-electron chi connectivity index (χ4n) is 1.86. The van der Waals surface area contributed by atoms with E-state index in [2.05, 4.69) is 4.98 Å². The van der Waals surface area contributed by atoms with Crippen molar-refractivity contribution in [3.05, 3.63) is 48.0 Å². The predicted molar refractivity (Wildman–Crippen MR) is 71.5 cm³/mol. The van der Waals surface area contributed by atoms with Crippen LogP contribution in [-0.2, 0) is 0 Å². The summed E-state index contributed by atoms with van der Waals surface area (Å²) in [4.78, 5) is 4.45. The van der Waals surface area contributed by atoms with Gasteiger partial charge in [0.05, 0.1) is 18.9 Å². The first-order chi connectivity index (χ1) is 8.76. The summed E-state index contributed by atoms with van der Waals surface area (Å²) in [5, 5.41) is 9.88. The van der Waals surface area contributed by atoms with Crippen LogP contribution in [0.4, 0.5) is 0 Å². The third kappa shape index (κ3) is 2.51. The van der Waals surface area contributed by atoms with E-state index in [0.717, 1.165) is 16.8 Å². The molecule has 0 amide bonds. The van der Waals surface area contributed by atoms with Gasteiger partial charge >= 0.3 is 0 Å². The molecule has 18 heavy (non-hydrogen) atoms. The summed E-state index contributed by atoms with van der Waals surface area (Å²) >= 11 is 0. The lowest BCUT2D eigenvalue weighted by Crippen LogP contribution is -2.02. The van der Waals surface area contributed by atoms with Crippen LogP contribution in [0, 0.1) is 0 Å². The fraction of sp³-hybridized carbons (Fsp3) is 0.267. The molecule has 3 heteroatoms. The van der Waals surface area contributed by atoms with Gasteiger partial charge in [0, 0.05) is 11.1 Å². The first kappa shape index (κ1) is 12.6. The summed E-state index contributed by atoms with van der Waals surface area (Å²) in [6, 6.07) is 13.7. The molecule has 0 radical (unpaired) electrons. The molecule has 0 bridgehead atoms. The second-order valence-electron chi connectivity index (χ2n) is 4.09. The smallest absolute Gasteiger partial charge is 0.219 e. The molecular formula is C15H17NO2. The van der Waals surface area contributed by atoms with E-state index >= 15 is 0 Å². The number of benzene rings is 1. The van der Waals surface area contributed by atoms with Gasteiger partial charge in [-0.25, -0.2) is 4.98 Å². The maximum atomic E-state index is 9.88. The second-order valence-corrected chi connectivity index (χ2v) is 4.09. The van der Waals surface area contributed by atoms with Gasteiger partial charge in [-0.1, -0.05) is 37.3 Å². The minimum atomic E-state index is -0.530. The third-order valence-electron chi connectivity index (χ3n) is 2.90. The molecule has 1 heterocycles. The van der Waals surface area contributed by atoms with E-state index in [-0.39, 0.29) is 0 Å². The van der Waals surface area contributed by atoms with E-state index in [1.54, 1.807) is 7.11 Å². The molecule has 0 aliphatic heterocycles. The van der Waals surface area contributed by atoms with Crippen molar-refractivity contribution in [2.45, 2.75) is 19.4 Å². The molecule has 0 fully saturated rings. The van der Waals surface area contributed by atoms with Crippen LogP contribution in [-0.4, -0.2) is 17.2 Å². The van der Waals surface area contributed by atoms with Crippen LogP contribution in [0.15, 0.2) is 42.5 Å². The van der Waals surface area contributed by atoms with Gasteiger partial charge in [0.1, 0.15) is 0 Å². The van der Waals surface area contributed by atoms with E-state index in [4.69, 9.17) is 4.74 Å². The van der Waals surface area contributed by atoms with E-state index in [0.29, 0.717) is 12.3 Å². The summed E-state index contributed by atoms with van der Waals surface area (Å²) in [7, 11) is 1.57. The van der Waals surface area contributed by atoms with Gasteiger partial charge in [-0.2, -0.15) is 0 Å². The molecule has 0 spiro atoms. The largest absolute Gasteiger partial charge is 0.481 e. The number of rotatable bonds is 4. The lowest BCUT2D eigenvalue weighted by Gasteiger charge is -2.13. The number of aliphatic hydroxyl groups excluding tert-OH is 1. The number of nitrogens with zero attached hydrogens (tertiary/aromatic N) is 1. The highest BCUT2D eigenvalue weighted by Gasteiger charge is 2.13. The Bertz CT molecular complexity index is 511. The van der Waals surface area contributed by atoms with Gasteiger partial charge in [-0.15, -0.1) is 0 Å². The maximum Gasteiger partial charge on any atom is 0.219 e. The van der Waals surface area contributed by atoms with Crippen LogP contribution < -0.4 is 4.74 Å². The summed E-state index contributed by atoms with van der Waals surface area (Å²) in [5.74, 6) is 0.491. The molecule has 1 unspecified atom stereocenters. The monoisotopic (exact) mass is 243 g/mol. The lowest BCUT2D eigenvalue weighted by atomic mass is 10.1. The van der Waals surface area contributed by atoms with Gasteiger partial charge in [0.15, 0.2) is 0 Å². The van der Waals surface area contributed by atoms with Crippen molar-refractivity contribution >= 4 is 0 Å². The second kappa shape index (κ2) is 5.65. The zero-order valence-electron chi connectivity index (χ0n) is 10.6. The highest BCUT2D eigenvalue weighted by atomic mass is 16.5. The highest BCUT2D eigenvalue weighted by molar-refractivity contribution is 5.60. The predicted octanol–water partition coefficient (Wildman–Crippen LogP) is 3.20. The maximum absolute atomic E-state index is 9.88. The highest BCUT2D eigenvalue weighted by Crippen LogP contribution is 2.28. The van der Waals surface area contributed by atoms with Crippen molar-refractivity contribution in [1.82, 2.24) is 4.98 Å². The standard InChI is InChI=1S/C15H17NO2/c1-3-14(17)12-9-10-13(16-15(12)18-2)11-7-5-4-6-8-11/h4-10,14,17H,3H2,1-2H3. The molecule has 3 nitrogen and oxygen atoms in total. The van der Waals surface area contributed by atoms with Gasteiger partial charge in [-0.05, 0) is 18.6 Å². The molecule has 1 aromatic carbocycles. The van der Waals surface area contributed by atoms with E-state index in [1.165, 1.54) is 0 Å². The topological polar surface area (TPSA) is 42.4 Å². The van der Waals surface area contributed by atoms with Gasteiger partial charge in [-0.3, -0.25) is 0 Å². The van der Waals surface area contributed by atoms with Crippen LogP contribution in [0.5, 0.6) is 5.88 Å². The van der Waals surface area contributed by atoms with Crippen molar-refractivity contribution in [3.8, 4) is 17.1 Å². The van der Waals surface area contributed by atoms with Crippen LogP contribution >= 0.6 is 0 Å². The molecule has 2 rings (SSSR count). The summed E-state index contributed by atoms with van der Waals surface area (Å²) < 4.78 is 5.26. The molecular weight excluding hydrogens is 226 g/mol. The lowest BCUT2D eigenvalue weighted by molar-refractivity contribution is 0.168. The molecule has 0 aliphatic carbocycles. The normalized spacial score (nSPS) is 12.2. The average Bonchev–Trinajstić information content (AvgIpc) is 2.46. The molecule has 0 saturated carbocycles. The van der Waals surface area contributed by atoms with Crippen LogP contribution in [0.3, 0.4) is 0 Å². The quantitative estimate of drug-likeness (QED) is 0.896. The van der Waals surface area contributed by atoms with E-state index in [9.17, 15) is 5.11 Å². The Hall–Kier alpha value is -1.87. The van der Waals surface area contributed by atoms with E-state index in [1.807, 2.05) is 49.4 Å². The van der Waals surface area contributed by atoms with Crippen molar-refractivity contribution in [2.75, 3.05) is 7.11 Å². The fourth-order valence-corrected chi connectivity index (χ4v) is 1.86. The first-order valence-corrected chi connectivity index (χ1v) is 6.04. The molecule has 1 N–H and O–H groups in total. The average molecular weight is 243 g/mol. The zero-order chi connectivity index (χ0) is 13.0. The van der Waals surface area contributed by atoms with E-state index < -0.39 is 6.10 Å².